The highest BCUT2D eigenvalue weighted by Crippen LogP contribution is 2.25. The van der Waals surface area contributed by atoms with Crippen molar-refractivity contribution in [2.75, 3.05) is 0 Å². The summed E-state index contributed by atoms with van der Waals surface area (Å²) >= 11 is 0. The van der Waals surface area contributed by atoms with Crippen molar-refractivity contribution >= 4 is 39.4 Å². The third-order valence-electron chi connectivity index (χ3n) is 5.57. The zero-order chi connectivity index (χ0) is 24.6. The predicted molar refractivity (Wildman–Crippen MR) is 144 cm³/mol. The Morgan fingerprint density at radius 3 is 2.03 bits per heavy atom. The van der Waals surface area contributed by atoms with Crippen molar-refractivity contribution in [3.8, 4) is 5.75 Å². The summed E-state index contributed by atoms with van der Waals surface area (Å²) in [6, 6.07) is 32.0. The molecule has 0 aliphatic heterocycles. The van der Waals surface area contributed by atoms with Crippen LogP contribution in [0.1, 0.15) is 37.7 Å². The highest BCUT2D eigenvalue weighted by Gasteiger charge is 2.06. The Kier molecular flexibility index (Phi) is 7.63. The molecule has 0 bridgehead atoms. The minimum absolute atomic E-state index is 0.327. The van der Waals surface area contributed by atoms with E-state index in [0.717, 1.165) is 45.4 Å². The molecule has 0 spiro atoms. The van der Waals surface area contributed by atoms with Gasteiger partial charge in [-0.25, -0.2) is 4.98 Å². The number of ether oxygens (including phenoxy) is 1. The average molecular weight is 461 g/mol. The van der Waals surface area contributed by atoms with Crippen LogP contribution in [0.4, 0.5) is 0 Å². The minimum Gasteiger partial charge on any atom is -0.426 e. The largest absolute Gasteiger partial charge is 0.426 e. The fourth-order valence-electron chi connectivity index (χ4n) is 3.75. The number of hydrogen-bond donors (Lipinski definition) is 0. The van der Waals surface area contributed by atoms with Gasteiger partial charge in [0.2, 0.25) is 0 Å². The first-order chi connectivity index (χ1) is 17.0. The van der Waals surface area contributed by atoms with Crippen LogP contribution in [0, 0.1) is 0 Å². The van der Waals surface area contributed by atoms with E-state index in [4.69, 9.17) is 4.74 Å². The summed E-state index contributed by atoms with van der Waals surface area (Å²) in [7, 11) is 0. The van der Waals surface area contributed by atoms with Gasteiger partial charge in [-0.05, 0) is 55.3 Å². The summed E-state index contributed by atoms with van der Waals surface area (Å²) in [6.45, 7) is 5.52. The van der Waals surface area contributed by atoms with Gasteiger partial charge >= 0.3 is 5.97 Å². The summed E-state index contributed by atoms with van der Waals surface area (Å²) in [6.07, 6.45) is 2.99. The smallest absolute Gasteiger partial charge is 0.308 e. The Morgan fingerprint density at radius 2 is 1.34 bits per heavy atom. The standard InChI is InChI=1S/C20H17NO2.C11H11N/c1-14(13-17-8-4-6-10-20(17)23-15(2)22)18-12-11-16-7-3-5-9-19(16)21-18;1-2-10-8-7-9-5-3-4-6-11(9)12-10/h3-13H,1-2H3;3-8H,2H2,1H3. The van der Waals surface area contributed by atoms with Gasteiger partial charge in [0.15, 0.2) is 0 Å². The van der Waals surface area contributed by atoms with Gasteiger partial charge < -0.3 is 4.74 Å². The van der Waals surface area contributed by atoms with Crippen molar-refractivity contribution in [2.45, 2.75) is 27.2 Å². The van der Waals surface area contributed by atoms with Crippen LogP contribution in [0.2, 0.25) is 0 Å². The second-order valence-electron chi connectivity index (χ2n) is 8.20. The van der Waals surface area contributed by atoms with Crippen molar-refractivity contribution in [1.29, 1.82) is 0 Å². The summed E-state index contributed by atoms with van der Waals surface area (Å²) in [5.41, 5.74) is 5.99. The van der Waals surface area contributed by atoms with Crippen LogP contribution >= 0.6 is 0 Å². The molecule has 0 unspecified atom stereocenters. The maximum Gasteiger partial charge on any atom is 0.308 e. The number of nitrogens with zero attached hydrogens (tertiary/aromatic N) is 2. The normalized spacial score (nSPS) is 11.1. The summed E-state index contributed by atoms with van der Waals surface area (Å²) < 4.78 is 5.25. The number of aryl methyl sites for hydroxylation is 1. The lowest BCUT2D eigenvalue weighted by Crippen LogP contribution is -2.02. The van der Waals surface area contributed by atoms with Crippen LogP contribution in [0.15, 0.2) is 97.1 Å². The molecule has 2 aromatic heterocycles. The summed E-state index contributed by atoms with van der Waals surface area (Å²) in [4.78, 5) is 20.4. The van der Waals surface area contributed by atoms with Gasteiger partial charge in [0.05, 0.1) is 16.7 Å². The van der Waals surface area contributed by atoms with Crippen LogP contribution in [-0.4, -0.2) is 15.9 Å². The molecule has 174 valence electrons. The van der Waals surface area contributed by atoms with Crippen LogP contribution in [0.5, 0.6) is 5.75 Å². The molecule has 0 aliphatic rings. The molecule has 0 aliphatic carbocycles. The molecule has 5 rings (SSSR count). The summed E-state index contributed by atoms with van der Waals surface area (Å²) in [5.74, 6) is 0.229. The van der Waals surface area contributed by atoms with Gasteiger partial charge in [0.1, 0.15) is 5.75 Å². The molecule has 0 fully saturated rings. The van der Waals surface area contributed by atoms with E-state index in [1.54, 1.807) is 6.07 Å². The van der Waals surface area contributed by atoms with Gasteiger partial charge in [0, 0.05) is 29.0 Å². The number of fused-ring (bicyclic) bond motifs is 2. The number of carbonyl (C=O) groups is 1. The average Bonchev–Trinajstić information content (AvgIpc) is 2.89. The number of hydrogen-bond acceptors (Lipinski definition) is 4. The lowest BCUT2D eigenvalue weighted by Gasteiger charge is -2.07. The number of esters is 1. The Balaban J connectivity index is 0.000000201. The molecule has 0 amide bonds. The number of carbonyl (C=O) groups excluding carboxylic acids is 1. The fourth-order valence-corrected chi connectivity index (χ4v) is 3.75. The first-order valence-corrected chi connectivity index (χ1v) is 11.7. The van der Waals surface area contributed by atoms with Gasteiger partial charge in [-0.1, -0.05) is 73.7 Å². The molecule has 4 heteroatoms. The lowest BCUT2D eigenvalue weighted by atomic mass is 10.1. The van der Waals surface area contributed by atoms with Gasteiger partial charge in [-0.15, -0.1) is 0 Å². The van der Waals surface area contributed by atoms with E-state index in [9.17, 15) is 4.79 Å². The number of allylic oxidation sites excluding steroid dienone is 1. The highest BCUT2D eigenvalue weighted by atomic mass is 16.5. The first-order valence-electron chi connectivity index (χ1n) is 11.7. The maximum atomic E-state index is 11.2. The van der Waals surface area contributed by atoms with Crippen LogP contribution in [0.3, 0.4) is 0 Å². The van der Waals surface area contributed by atoms with E-state index >= 15 is 0 Å². The number of benzene rings is 3. The van der Waals surface area contributed by atoms with Crippen molar-refractivity contribution in [2.24, 2.45) is 0 Å². The Bertz CT molecular complexity index is 1500. The molecular formula is C31H28N2O2. The Hall–Kier alpha value is -4.31. The third-order valence-corrected chi connectivity index (χ3v) is 5.57. The van der Waals surface area contributed by atoms with Gasteiger partial charge in [-0.2, -0.15) is 0 Å². The van der Waals surface area contributed by atoms with Gasteiger partial charge in [-0.3, -0.25) is 9.78 Å². The number of para-hydroxylation sites is 3. The molecule has 0 atom stereocenters. The third kappa shape index (κ3) is 6.18. The Morgan fingerprint density at radius 1 is 0.743 bits per heavy atom. The second-order valence-corrected chi connectivity index (χ2v) is 8.20. The molecule has 35 heavy (non-hydrogen) atoms. The van der Waals surface area contributed by atoms with Crippen LogP contribution < -0.4 is 4.74 Å². The molecule has 0 saturated heterocycles. The zero-order valence-corrected chi connectivity index (χ0v) is 20.2. The molecule has 0 saturated carbocycles. The van der Waals surface area contributed by atoms with Crippen LogP contribution in [0.25, 0.3) is 33.5 Å². The molecule has 4 nitrogen and oxygen atoms in total. The van der Waals surface area contributed by atoms with E-state index in [-0.39, 0.29) is 5.97 Å². The molecular weight excluding hydrogens is 432 g/mol. The van der Waals surface area contributed by atoms with Crippen molar-refractivity contribution in [3.05, 3.63) is 114 Å². The number of aromatic nitrogens is 2. The minimum atomic E-state index is -0.327. The second kappa shape index (κ2) is 11.2. The van der Waals surface area contributed by atoms with Crippen molar-refractivity contribution in [1.82, 2.24) is 9.97 Å². The van der Waals surface area contributed by atoms with Gasteiger partial charge in [0.25, 0.3) is 0 Å². The quantitative estimate of drug-likeness (QED) is 0.206. The number of rotatable bonds is 4. The Labute approximate surface area is 205 Å². The number of pyridine rings is 2. The van der Waals surface area contributed by atoms with E-state index in [2.05, 4.69) is 47.2 Å². The van der Waals surface area contributed by atoms with Crippen LogP contribution in [-0.2, 0) is 11.2 Å². The fraction of sp³-hybridized carbons (Fsp3) is 0.129. The molecule has 5 aromatic rings. The SMILES string of the molecule is CC(=O)Oc1ccccc1C=C(C)c1ccc2ccccc2n1.CCc1ccc2ccccc2n1. The topological polar surface area (TPSA) is 52.1 Å². The van der Waals surface area contributed by atoms with Crippen molar-refractivity contribution in [3.63, 3.8) is 0 Å². The van der Waals surface area contributed by atoms with Crippen molar-refractivity contribution < 1.29 is 9.53 Å². The maximum absolute atomic E-state index is 11.2. The van der Waals surface area contributed by atoms with E-state index in [1.165, 1.54) is 12.3 Å². The predicted octanol–water partition coefficient (Wildman–Crippen LogP) is 7.52. The van der Waals surface area contributed by atoms with E-state index < -0.39 is 0 Å². The molecule has 3 aromatic carbocycles. The summed E-state index contributed by atoms with van der Waals surface area (Å²) in [5, 5.41) is 2.33. The monoisotopic (exact) mass is 460 g/mol. The van der Waals surface area contributed by atoms with E-state index in [1.807, 2.05) is 73.7 Å². The lowest BCUT2D eigenvalue weighted by molar-refractivity contribution is -0.131. The molecule has 0 N–H and O–H groups in total. The highest BCUT2D eigenvalue weighted by molar-refractivity contribution is 5.86. The first kappa shape index (κ1) is 23.8. The molecule has 2 heterocycles. The molecule has 0 radical (unpaired) electrons. The van der Waals surface area contributed by atoms with E-state index in [0.29, 0.717) is 5.75 Å². The zero-order valence-electron chi connectivity index (χ0n) is 20.2.